The van der Waals surface area contributed by atoms with E-state index >= 15 is 0 Å². The van der Waals surface area contributed by atoms with Gasteiger partial charge in [-0.2, -0.15) is 4.98 Å². The van der Waals surface area contributed by atoms with Crippen LogP contribution in [0.25, 0.3) is 0 Å². The summed E-state index contributed by atoms with van der Waals surface area (Å²) in [6.45, 7) is 4.57. The first-order valence-electron chi connectivity index (χ1n) is 8.26. The van der Waals surface area contributed by atoms with E-state index in [0.717, 1.165) is 36.3 Å². The van der Waals surface area contributed by atoms with Crippen LogP contribution < -0.4 is 16.4 Å². The average molecular weight is 305 g/mol. The molecule has 6 heteroatoms. The second kappa shape index (κ2) is 7.96. The Hall–Kier alpha value is -1.85. The van der Waals surface area contributed by atoms with Crippen LogP contribution in [0.1, 0.15) is 56.7 Å². The molecule has 0 atom stereocenters. The first kappa shape index (κ1) is 16.5. The van der Waals surface area contributed by atoms with Gasteiger partial charge in [0.05, 0.1) is 5.69 Å². The second-order valence-corrected chi connectivity index (χ2v) is 5.93. The quantitative estimate of drug-likeness (QED) is 0.749. The predicted molar refractivity (Wildman–Crippen MR) is 88.7 cm³/mol. The number of carbonyl (C=O) groups is 1. The molecule has 1 aliphatic rings. The van der Waals surface area contributed by atoms with Gasteiger partial charge >= 0.3 is 0 Å². The summed E-state index contributed by atoms with van der Waals surface area (Å²) in [5.41, 5.74) is 7.67. The van der Waals surface area contributed by atoms with Crippen LogP contribution in [-0.2, 0) is 11.2 Å². The summed E-state index contributed by atoms with van der Waals surface area (Å²) >= 11 is 0. The minimum atomic E-state index is 0.106. The molecular weight excluding hydrogens is 278 g/mol. The Morgan fingerprint density at radius 3 is 2.68 bits per heavy atom. The summed E-state index contributed by atoms with van der Waals surface area (Å²) in [4.78, 5) is 20.4. The third-order valence-electron chi connectivity index (χ3n) is 4.21. The molecule has 122 valence electrons. The van der Waals surface area contributed by atoms with E-state index in [0.29, 0.717) is 19.0 Å². The molecule has 4 N–H and O–H groups in total. The fourth-order valence-electron chi connectivity index (χ4n) is 2.94. The lowest BCUT2D eigenvalue weighted by Crippen LogP contribution is -2.36. The van der Waals surface area contributed by atoms with Gasteiger partial charge in [0.25, 0.3) is 0 Å². The Labute approximate surface area is 132 Å². The van der Waals surface area contributed by atoms with E-state index in [4.69, 9.17) is 5.73 Å². The highest BCUT2D eigenvalue weighted by atomic mass is 16.1. The lowest BCUT2D eigenvalue weighted by Gasteiger charge is -2.22. The van der Waals surface area contributed by atoms with Crippen LogP contribution in [0.3, 0.4) is 0 Å². The van der Waals surface area contributed by atoms with Gasteiger partial charge in [0.1, 0.15) is 5.82 Å². The molecule has 0 radical (unpaired) electrons. The van der Waals surface area contributed by atoms with Gasteiger partial charge in [-0.15, -0.1) is 0 Å². The Morgan fingerprint density at radius 1 is 1.27 bits per heavy atom. The molecule has 1 fully saturated rings. The Morgan fingerprint density at radius 2 is 2.00 bits per heavy atom. The fraction of sp³-hybridized carbons (Fsp3) is 0.688. The van der Waals surface area contributed by atoms with Crippen molar-refractivity contribution in [1.29, 1.82) is 0 Å². The lowest BCUT2D eigenvalue weighted by atomic mass is 9.95. The number of carbonyl (C=O) groups excluding carboxylic acids is 1. The van der Waals surface area contributed by atoms with Crippen molar-refractivity contribution in [3.63, 3.8) is 0 Å². The number of rotatable bonds is 6. The Bertz CT molecular complexity index is 512. The molecule has 0 saturated heterocycles. The zero-order valence-electron chi connectivity index (χ0n) is 13.6. The number of nitrogens with zero attached hydrogens (tertiary/aromatic N) is 2. The molecule has 1 aromatic heterocycles. The van der Waals surface area contributed by atoms with Crippen molar-refractivity contribution in [1.82, 2.24) is 15.3 Å². The van der Waals surface area contributed by atoms with E-state index in [-0.39, 0.29) is 11.9 Å². The SMILES string of the molecule is CCc1nc(N)nc(NCCC(=O)NC2CCCCC2)c1C. The van der Waals surface area contributed by atoms with Crippen LogP contribution in [0.2, 0.25) is 0 Å². The standard InChI is InChI=1S/C16H27N5O/c1-3-13-11(2)15(21-16(17)20-13)18-10-9-14(22)19-12-7-5-4-6-8-12/h12H,3-10H2,1-2H3,(H,19,22)(H3,17,18,20,21). The number of aromatic nitrogens is 2. The zero-order valence-corrected chi connectivity index (χ0v) is 13.6. The Kier molecular flexibility index (Phi) is 5.98. The summed E-state index contributed by atoms with van der Waals surface area (Å²) in [5.74, 6) is 1.11. The summed E-state index contributed by atoms with van der Waals surface area (Å²) in [6.07, 6.45) is 7.23. The number of aryl methyl sites for hydroxylation is 1. The van der Waals surface area contributed by atoms with E-state index in [1.807, 2.05) is 13.8 Å². The smallest absolute Gasteiger partial charge is 0.222 e. The highest BCUT2D eigenvalue weighted by molar-refractivity contribution is 5.76. The van der Waals surface area contributed by atoms with Crippen molar-refractivity contribution >= 4 is 17.7 Å². The number of anilines is 2. The maximum Gasteiger partial charge on any atom is 0.222 e. The summed E-state index contributed by atoms with van der Waals surface area (Å²) in [5, 5.41) is 6.32. The van der Waals surface area contributed by atoms with Crippen LogP contribution in [0, 0.1) is 6.92 Å². The van der Waals surface area contributed by atoms with E-state index in [1.165, 1.54) is 19.3 Å². The van der Waals surface area contributed by atoms with E-state index in [1.54, 1.807) is 0 Å². The minimum absolute atomic E-state index is 0.106. The highest BCUT2D eigenvalue weighted by Crippen LogP contribution is 2.18. The molecule has 0 spiro atoms. The predicted octanol–water partition coefficient (Wildman–Crippen LogP) is 2.18. The molecule has 1 aliphatic carbocycles. The largest absolute Gasteiger partial charge is 0.369 e. The molecule has 1 aromatic rings. The second-order valence-electron chi connectivity index (χ2n) is 5.93. The molecular formula is C16H27N5O. The van der Waals surface area contributed by atoms with E-state index in [9.17, 15) is 4.79 Å². The normalized spacial score (nSPS) is 15.5. The molecule has 2 rings (SSSR count). The van der Waals surface area contributed by atoms with Gasteiger partial charge in [-0.3, -0.25) is 4.79 Å². The van der Waals surface area contributed by atoms with Crippen molar-refractivity contribution in [2.75, 3.05) is 17.6 Å². The molecule has 22 heavy (non-hydrogen) atoms. The maximum atomic E-state index is 12.0. The van der Waals surface area contributed by atoms with Crippen molar-refractivity contribution in [3.05, 3.63) is 11.3 Å². The van der Waals surface area contributed by atoms with Gasteiger partial charge in [-0.25, -0.2) is 4.98 Å². The summed E-state index contributed by atoms with van der Waals surface area (Å²) in [6, 6.07) is 0.365. The average Bonchev–Trinajstić information content (AvgIpc) is 2.51. The van der Waals surface area contributed by atoms with Crippen molar-refractivity contribution in [2.45, 2.75) is 64.8 Å². The Balaban J connectivity index is 1.80. The van der Waals surface area contributed by atoms with Crippen LogP contribution >= 0.6 is 0 Å². The zero-order chi connectivity index (χ0) is 15.9. The molecule has 6 nitrogen and oxygen atoms in total. The van der Waals surface area contributed by atoms with Gasteiger partial charge < -0.3 is 16.4 Å². The van der Waals surface area contributed by atoms with Crippen molar-refractivity contribution in [3.8, 4) is 0 Å². The van der Waals surface area contributed by atoms with Gasteiger partial charge in [-0.1, -0.05) is 26.2 Å². The van der Waals surface area contributed by atoms with Gasteiger partial charge in [0.15, 0.2) is 0 Å². The molecule has 0 aromatic carbocycles. The number of nitrogens with one attached hydrogen (secondary N) is 2. The third kappa shape index (κ3) is 4.58. The number of nitrogen functional groups attached to an aromatic ring is 1. The topological polar surface area (TPSA) is 92.9 Å². The lowest BCUT2D eigenvalue weighted by molar-refractivity contribution is -0.121. The number of hydrogen-bond acceptors (Lipinski definition) is 5. The molecule has 0 aliphatic heterocycles. The first-order valence-corrected chi connectivity index (χ1v) is 8.26. The minimum Gasteiger partial charge on any atom is -0.369 e. The van der Waals surface area contributed by atoms with Gasteiger partial charge in [-0.05, 0) is 26.2 Å². The van der Waals surface area contributed by atoms with Crippen molar-refractivity contribution < 1.29 is 4.79 Å². The van der Waals surface area contributed by atoms with Crippen LogP contribution in [-0.4, -0.2) is 28.5 Å². The third-order valence-corrected chi connectivity index (χ3v) is 4.21. The number of nitrogens with two attached hydrogens (primary N) is 1. The van der Waals surface area contributed by atoms with E-state index in [2.05, 4.69) is 20.6 Å². The van der Waals surface area contributed by atoms with Crippen LogP contribution in [0.4, 0.5) is 11.8 Å². The van der Waals surface area contributed by atoms with Crippen LogP contribution in [0.5, 0.6) is 0 Å². The summed E-state index contributed by atoms with van der Waals surface area (Å²) in [7, 11) is 0. The molecule has 1 heterocycles. The van der Waals surface area contributed by atoms with Gasteiger partial charge in [0.2, 0.25) is 11.9 Å². The molecule has 1 saturated carbocycles. The maximum absolute atomic E-state index is 12.0. The van der Waals surface area contributed by atoms with Crippen molar-refractivity contribution in [2.24, 2.45) is 0 Å². The van der Waals surface area contributed by atoms with E-state index < -0.39 is 0 Å². The van der Waals surface area contributed by atoms with Gasteiger partial charge in [0, 0.05) is 24.6 Å². The van der Waals surface area contributed by atoms with Crippen LogP contribution in [0.15, 0.2) is 0 Å². The summed E-state index contributed by atoms with van der Waals surface area (Å²) < 4.78 is 0. The number of hydrogen-bond donors (Lipinski definition) is 3. The molecule has 0 unspecified atom stereocenters. The fourth-order valence-corrected chi connectivity index (χ4v) is 2.94. The monoisotopic (exact) mass is 305 g/mol. The molecule has 0 bridgehead atoms. The highest BCUT2D eigenvalue weighted by Gasteiger charge is 2.15. The first-order chi connectivity index (χ1) is 10.6. The molecule has 1 amide bonds. The number of amides is 1.